The van der Waals surface area contributed by atoms with Crippen LogP contribution < -0.4 is 5.73 Å². The molecule has 5 nitrogen and oxygen atoms in total. The van der Waals surface area contributed by atoms with E-state index < -0.39 is 12.0 Å². The lowest BCUT2D eigenvalue weighted by Gasteiger charge is -2.09. The molecule has 0 aliphatic rings. The second-order valence-corrected chi connectivity index (χ2v) is 4.60. The number of nitrogens with two attached hydrogens (primary N) is 1. The molecular formula is C13H14ClN3O2. The number of hydrogen-bond acceptors (Lipinski definition) is 4. The van der Waals surface area contributed by atoms with Crippen molar-refractivity contribution in [3.63, 3.8) is 0 Å². The number of carbonyl (C=O) groups is 1. The Kier molecular flexibility index (Phi) is 4.19. The summed E-state index contributed by atoms with van der Waals surface area (Å²) in [7, 11) is 1.76. The van der Waals surface area contributed by atoms with Crippen LogP contribution in [-0.4, -0.2) is 15.7 Å². The summed E-state index contributed by atoms with van der Waals surface area (Å²) < 4.78 is 6.73. The molecule has 100 valence electrons. The van der Waals surface area contributed by atoms with E-state index in [-0.39, 0.29) is 6.61 Å². The first-order valence-corrected chi connectivity index (χ1v) is 6.09. The summed E-state index contributed by atoms with van der Waals surface area (Å²) in [5.74, 6) is -0.483. The molecule has 0 saturated carbocycles. The standard InChI is InChI=1S/C13H14ClN3O2/c1-17-7-10(6-16-17)12(15)13(18)19-8-9-2-4-11(14)5-3-9/h2-7,12H,8,15H2,1H3. The van der Waals surface area contributed by atoms with Crippen molar-refractivity contribution in [2.45, 2.75) is 12.6 Å². The molecule has 2 N–H and O–H groups in total. The predicted molar refractivity (Wildman–Crippen MR) is 71.4 cm³/mol. The maximum absolute atomic E-state index is 11.8. The summed E-state index contributed by atoms with van der Waals surface area (Å²) in [6.07, 6.45) is 3.24. The van der Waals surface area contributed by atoms with Crippen molar-refractivity contribution in [2.24, 2.45) is 12.8 Å². The third-order valence-electron chi connectivity index (χ3n) is 2.63. The molecule has 2 aromatic rings. The third kappa shape index (κ3) is 3.56. The van der Waals surface area contributed by atoms with E-state index in [9.17, 15) is 4.79 Å². The van der Waals surface area contributed by atoms with Crippen LogP contribution in [0.3, 0.4) is 0 Å². The number of hydrogen-bond donors (Lipinski definition) is 1. The summed E-state index contributed by atoms with van der Waals surface area (Å²) in [5.41, 5.74) is 7.28. The monoisotopic (exact) mass is 279 g/mol. The highest BCUT2D eigenvalue weighted by Crippen LogP contribution is 2.13. The molecule has 0 amide bonds. The molecule has 0 aliphatic heterocycles. The van der Waals surface area contributed by atoms with Gasteiger partial charge in [0.1, 0.15) is 12.6 Å². The van der Waals surface area contributed by atoms with Gasteiger partial charge in [-0.1, -0.05) is 23.7 Å². The third-order valence-corrected chi connectivity index (χ3v) is 2.88. The number of benzene rings is 1. The van der Waals surface area contributed by atoms with Gasteiger partial charge in [-0.3, -0.25) is 4.68 Å². The number of rotatable bonds is 4. The Balaban J connectivity index is 1.92. The SMILES string of the molecule is Cn1cc(C(N)C(=O)OCc2ccc(Cl)cc2)cn1. The first kappa shape index (κ1) is 13.6. The molecule has 0 radical (unpaired) electrons. The Hall–Kier alpha value is -1.85. The van der Waals surface area contributed by atoms with Crippen LogP contribution in [-0.2, 0) is 23.2 Å². The molecule has 6 heteroatoms. The maximum Gasteiger partial charge on any atom is 0.328 e. The molecule has 0 spiro atoms. The van der Waals surface area contributed by atoms with Crippen molar-refractivity contribution in [1.82, 2.24) is 9.78 Å². The topological polar surface area (TPSA) is 70.1 Å². The lowest BCUT2D eigenvalue weighted by molar-refractivity contribution is -0.146. The van der Waals surface area contributed by atoms with Crippen LogP contribution in [0.4, 0.5) is 0 Å². The fourth-order valence-corrected chi connectivity index (χ4v) is 1.69. The van der Waals surface area contributed by atoms with Gasteiger partial charge in [-0.25, -0.2) is 4.79 Å². The van der Waals surface area contributed by atoms with Gasteiger partial charge in [0.05, 0.1) is 6.20 Å². The first-order valence-electron chi connectivity index (χ1n) is 5.71. The van der Waals surface area contributed by atoms with Crippen molar-refractivity contribution in [3.8, 4) is 0 Å². The van der Waals surface area contributed by atoms with Crippen LogP contribution in [0.5, 0.6) is 0 Å². The fraction of sp³-hybridized carbons (Fsp3) is 0.231. The van der Waals surface area contributed by atoms with Crippen LogP contribution in [0.25, 0.3) is 0 Å². The molecule has 0 fully saturated rings. The first-order chi connectivity index (χ1) is 9.06. The summed E-state index contributed by atoms with van der Waals surface area (Å²) in [4.78, 5) is 11.8. The number of halogens is 1. The molecular weight excluding hydrogens is 266 g/mol. The van der Waals surface area contributed by atoms with Gasteiger partial charge in [0.25, 0.3) is 0 Å². The van der Waals surface area contributed by atoms with Gasteiger partial charge in [-0.05, 0) is 17.7 Å². The normalized spacial score (nSPS) is 12.2. The van der Waals surface area contributed by atoms with Gasteiger partial charge >= 0.3 is 5.97 Å². The summed E-state index contributed by atoms with van der Waals surface area (Å²) in [6.45, 7) is 0.171. The number of nitrogens with zero attached hydrogens (tertiary/aromatic N) is 2. The Morgan fingerprint density at radius 2 is 2.16 bits per heavy atom. The van der Waals surface area contributed by atoms with Crippen molar-refractivity contribution in [3.05, 3.63) is 52.8 Å². The molecule has 19 heavy (non-hydrogen) atoms. The maximum atomic E-state index is 11.8. The van der Waals surface area contributed by atoms with Crippen LogP contribution >= 0.6 is 11.6 Å². The minimum Gasteiger partial charge on any atom is -0.459 e. The molecule has 1 aromatic carbocycles. The van der Waals surface area contributed by atoms with E-state index in [0.29, 0.717) is 10.6 Å². The molecule has 2 rings (SSSR count). The molecule has 0 saturated heterocycles. The van der Waals surface area contributed by atoms with Crippen molar-refractivity contribution < 1.29 is 9.53 Å². The number of esters is 1. The average Bonchev–Trinajstić information content (AvgIpc) is 2.83. The second kappa shape index (κ2) is 5.86. The average molecular weight is 280 g/mol. The van der Waals surface area contributed by atoms with Gasteiger partial charge < -0.3 is 10.5 Å². The number of aryl methyl sites for hydroxylation is 1. The smallest absolute Gasteiger partial charge is 0.328 e. The minimum absolute atomic E-state index is 0.171. The van der Waals surface area contributed by atoms with Crippen LogP contribution in [0.2, 0.25) is 5.02 Å². The van der Waals surface area contributed by atoms with E-state index >= 15 is 0 Å². The second-order valence-electron chi connectivity index (χ2n) is 4.16. The van der Waals surface area contributed by atoms with E-state index in [1.165, 1.54) is 0 Å². The minimum atomic E-state index is -0.819. The van der Waals surface area contributed by atoms with Crippen molar-refractivity contribution >= 4 is 17.6 Å². The van der Waals surface area contributed by atoms with Crippen LogP contribution in [0.15, 0.2) is 36.7 Å². The molecule has 0 aliphatic carbocycles. The van der Waals surface area contributed by atoms with Crippen molar-refractivity contribution in [1.29, 1.82) is 0 Å². The Morgan fingerprint density at radius 3 is 2.74 bits per heavy atom. The predicted octanol–water partition coefficient (Wildman–Crippen LogP) is 1.82. The summed E-state index contributed by atoms with van der Waals surface area (Å²) in [6, 6.07) is 6.26. The van der Waals surface area contributed by atoms with Gasteiger partial charge in [-0.2, -0.15) is 5.10 Å². The molecule has 1 atom stereocenters. The van der Waals surface area contributed by atoms with E-state index in [1.54, 1.807) is 48.4 Å². The van der Waals surface area contributed by atoms with Gasteiger partial charge in [0.2, 0.25) is 0 Å². The summed E-state index contributed by atoms with van der Waals surface area (Å²) >= 11 is 5.77. The fourth-order valence-electron chi connectivity index (χ4n) is 1.56. The zero-order valence-electron chi connectivity index (χ0n) is 10.4. The highest BCUT2D eigenvalue weighted by Gasteiger charge is 2.18. The lowest BCUT2D eigenvalue weighted by Crippen LogP contribution is -2.23. The molecule has 1 heterocycles. The Labute approximate surface area is 115 Å². The zero-order valence-corrected chi connectivity index (χ0v) is 11.2. The Bertz CT molecular complexity index is 566. The quantitative estimate of drug-likeness (QED) is 0.867. The highest BCUT2D eigenvalue weighted by atomic mass is 35.5. The van der Waals surface area contributed by atoms with E-state index in [2.05, 4.69) is 5.10 Å². The molecule has 1 unspecified atom stereocenters. The zero-order chi connectivity index (χ0) is 13.8. The largest absolute Gasteiger partial charge is 0.459 e. The molecule has 0 bridgehead atoms. The number of aromatic nitrogens is 2. The highest BCUT2D eigenvalue weighted by molar-refractivity contribution is 6.30. The van der Waals surface area contributed by atoms with Gasteiger partial charge in [0, 0.05) is 23.8 Å². The van der Waals surface area contributed by atoms with Crippen molar-refractivity contribution in [2.75, 3.05) is 0 Å². The summed E-state index contributed by atoms with van der Waals surface area (Å²) in [5, 5.41) is 4.60. The number of carbonyl (C=O) groups excluding carboxylic acids is 1. The molecule has 1 aromatic heterocycles. The van der Waals surface area contributed by atoms with E-state index in [1.807, 2.05) is 0 Å². The van der Waals surface area contributed by atoms with E-state index in [4.69, 9.17) is 22.1 Å². The Morgan fingerprint density at radius 1 is 1.47 bits per heavy atom. The van der Waals surface area contributed by atoms with Crippen LogP contribution in [0.1, 0.15) is 17.2 Å². The van der Waals surface area contributed by atoms with Gasteiger partial charge in [-0.15, -0.1) is 0 Å². The lowest BCUT2D eigenvalue weighted by atomic mass is 10.2. The van der Waals surface area contributed by atoms with E-state index in [0.717, 1.165) is 5.56 Å². The van der Waals surface area contributed by atoms with Crippen LogP contribution in [0, 0.1) is 0 Å². The van der Waals surface area contributed by atoms with Gasteiger partial charge in [0.15, 0.2) is 0 Å². The number of ether oxygens (including phenoxy) is 1.